The van der Waals surface area contributed by atoms with Crippen LogP contribution in [0.15, 0.2) is 18.2 Å². The molecule has 0 amide bonds. The average molecular weight is 291 g/mol. The van der Waals surface area contributed by atoms with Crippen molar-refractivity contribution in [3.63, 3.8) is 0 Å². The lowest BCUT2D eigenvalue weighted by atomic mass is 10.1. The van der Waals surface area contributed by atoms with Gasteiger partial charge in [0.05, 0.1) is 0 Å². The number of rotatable bonds is 2. The highest BCUT2D eigenvalue weighted by atomic mass is 35.7. The van der Waals surface area contributed by atoms with Gasteiger partial charge in [-0.3, -0.25) is 0 Å². The molecule has 0 saturated carbocycles. The predicted molar refractivity (Wildman–Crippen MR) is 54.7 cm³/mol. The smallest absolute Gasteiger partial charge is 0.211 e. The first kappa shape index (κ1) is 14.2. The van der Waals surface area contributed by atoms with E-state index in [1.807, 2.05) is 0 Å². The van der Waals surface area contributed by atoms with E-state index < -0.39 is 31.9 Å². The van der Waals surface area contributed by atoms with Crippen molar-refractivity contribution >= 4 is 19.7 Å². The van der Waals surface area contributed by atoms with Gasteiger partial charge in [-0.05, 0) is 24.1 Å². The Morgan fingerprint density at radius 3 is 2.18 bits per heavy atom. The largest absolute Gasteiger partial charge is 0.410 e. The molecule has 2 nitrogen and oxygen atoms in total. The lowest BCUT2D eigenvalue weighted by molar-refractivity contribution is -0.131. The van der Waals surface area contributed by atoms with Gasteiger partial charge < -0.3 is 0 Å². The van der Waals surface area contributed by atoms with E-state index in [1.54, 1.807) is 0 Å². The molecular weight excluding hydrogens is 284 g/mol. The summed E-state index contributed by atoms with van der Waals surface area (Å²) < 4.78 is 72.5. The molecule has 0 bridgehead atoms. The van der Waals surface area contributed by atoms with Crippen LogP contribution in [0, 0.1) is 12.7 Å². The fourth-order valence-corrected chi connectivity index (χ4v) is 2.74. The number of benzene rings is 1. The van der Waals surface area contributed by atoms with Crippen LogP contribution in [0.1, 0.15) is 16.4 Å². The highest BCUT2D eigenvalue weighted by Crippen LogP contribution is 2.41. The van der Waals surface area contributed by atoms with Crippen molar-refractivity contribution in [1.82, 2.24) is 0 Å². The van der Waals surface area contributed by atoms with Crippen LogP contribution in [0.3, 0.4) is 0 Å². The van der Waals surface area contributed by atoms with Crippen molar-refractivity contribution in [3.05, 3.63) is 35.1 Å². The van der Waals surface area contributed by atoms with Crippen LogP contribution < -0.4 is 0 Å². The highest BCUT2D eigenvalue weighted by Gasteiger charge is 2.49. The summed E-state index contributed by atoms with van der Waals surface area (Å²) in [4.78, 5) is 0. The Labute approximate surface area is 99.6 Å². The summed E-state index contributed by atoms with van der Waals surface area (Å²) in [6.45, 7) is 1.23. The van der Waals surface area contributed by atoms with Crippen LogP contribution in [-0.4, -0.2) is 14.6 Å². The SMILES string of the molecule is Cc1cc(C(C(F)(F)F)S(=O)(=O)Cl)ccc1F. The van der Waals surface area contributed by atoms with Gasteiger partial charge in [0.15, 0.2) is 5.25 Å². The molecule has 0 aliphatic rings. The maximum absolute atomic E-state index is 12.9. The van der Waals surface area contributed by atoms with E-state index in [9.17, 15) is 26.0 Å². The molecular formula is C9H7ClF4O2S. The Bertz CT molecular complexity index is 524. The standard InChI is InChI=1S/C9H7ClF4O2S/c1-5-4-6(2-3-7(5)11)8(9(12,13)14)17(10,15)16/h2-4,8H,1H3. The molecule has 0 N–H and O–H groups in total. The topological polar surface area (TPSA) is 34.1 Å². The van der Waals surface area contributed by atoms with Crippen molar-refractivity contribution in [2.45, 2.75) is 18.3 Å². The van der Waals surface area contributed by atoms with Crippen molar-refractivity contribution < 1.29 is 26.0 Å². The van der Waals surface area contributed by atoms with E-state index in [1.165, 1.54) is 6.92 Å². The van der Waals surface area contributed by atoms with Crippen LogP contribution in [0.25, 0.3) is 0 Å². The molecule has 0 heterocycles. The number of aryl methyl sites for hydroxylation is 1. The van der Waals surface area contributed by atoms with E-state index in [-0.39, 0.29) is 5.56 Å². The summed E-state index contributed by atoms with van der Waals surface area (Å²) >= 11 is 0. The van der Waals surface area contributed by atoms with E-state index >= 15 is 0 Å². The van der Waals surface area contributed by atoms with E-state index in [2.05, 4.69) is 0 Å². The summed E-state index contributed by atoms with van der Waals surface area (Å²) in [7, 11) is -0.112. The summed E-state index contributed by atoms with van der Waals surface area (Å²) in [6, 6.07) is 2.33. The van der Waals surface area contributed by atoms with Crippen molar-refractivity contribution in [2.75, 3.05) is 0 Å². The molecule has 17 heavy (non-hydrogen) atoms. The molecule has 0 radical (unpaired) electrons. The van der Waals surface area contributed by atoms with Gasteiger partial charge in [-0.15, -0.1) is 0 Å². The number of hydrogen-bond acceptors (Lipinski definition) is 2. The molecule has 1 atom stereocenters. The first-order valence-corrected chi connectivity index (χ1v) is 6.67. The van der Waals surface area contributed by atoms with Gasteiger partial charge in [-0.25, -0.2) is 12.8 Å². The van der Waals surface area contributed by atoms with Gasteiger partial charge in [0.2, 0.25) is 9.05 Å². The first-order valence-electron chi connectivity index (χ1n) is 4.29. The Morgan fingerprint density at radius 1 is 1.29 bits per heavy atom. The molecule has 0 fully saturated rings. The Balaban J connectivity index is 3.39. The summed E-state index contributed by atoms with van der Waals surface area (Å²) in [5.41, 5.74) is -0.691. The highest BCUT2D eigenvalue weighted by molar-refractivity contribution is 8.14. The molecule has 0 aliphatic carbocycles. The van der Waals surface area contributed by atoms with Gasteiger partial charge in [0.25, 0.3) is 0 Å². The Hall–Kier alpha value is -0.820. The molecule has 1 rings (SSSR count). The summed E-state index contributed by atoms with van der Waals surface area (Å²) in [5.74, 6) is -0.721. The minimum Gasteiger partial charge on any atom is -0.211 e. The normalized spacial score (nSPS) is 14.7. The fourth-order valence-electron chi connectivity index (χ4n) is 1.34. The summed E-state index contributed by atoms with van der Waals surface area (Å²) in [5, 5.41) is -2.85. The van der Waals surface area contributed by atoms with Crippen LogP contribution in [-0.2, 0) is 9.05 Å². The third-order valence-electron chi connectivity index (χ3n) is 2.06. The van der Waals surface area contributed by atoms with E-state index in [0.717, 1.165) is 18.2 Å². The van der Waals surface area contributed by atoms with Gasteiger partial charge in [-0.2, -0.15) is 13.2 Å². The fraction of sp³-hybridized carbons (Fsp3) is 0.333. The second-order valence-electron chi connectivity index (χ2n) is 3.41. The zero-order valence-electron chi connectivity index (χ0n) is 8.42. The number of halogens is 5. The minimum absolute atomic E-state index is 0.0860. The Morgan fingerprint density at radius 2 is 1.82 bits per heavy atom. The predicted octanol–water partition coefficient (Wildman–Crippen LogP) is 3.31. The van der Waals surface area contributed by atoms with Gasteiger partial charge in [0, 0.05) is 10.7 Å². The zero-order valence-corrected chi connectivity index (χ0v) is 10.00. The molecule has 1 unspecified atom stereocenters. The van der Waals surface area contributed by atoms with Crippen LogP contribution in [0.2, 0.25) is 0 Å². The first-order chi connectivity index (χ1) is 7.53. The van der Waals surface area contributed by atoms with Crippen molar-refractivity contribution in [3.8, 4) is 0 Å². The van der Waals surface area contributed by atoms with Crippen LogP contribution in [0.5, 0.6) is 0 Å². The molecule has 0 spiro atoms. The van der Waals surface area contributed by atoms with Gasteiger partial charge >= 0.3 is 6.18 Å². The lowest BCUT2D eigenvalue weighted by Crippen LogP contribution is -2.25. The number of alkyl halides is 3. The Kier molecular flexibility index (Phi) is 3.73. The van der Waals surface area contributed by atoms with Crippen molar-refractivity contribution in [1.29, 1.82) is 0 Å². The monoisotopic (exact) mass is 290 g/mol. The summed E-state index contributed by atoms with van der Waals surface area (Å²) in [6.07, 6.45) is -5.05. The van der Waals surface area contributed by atoms with Gasteiger partial charge in [-0.1, -0.05) is 12.1 Å². The average Bonchev–Trinajstić information content (AvgIpc) is 2.06. The molecule has 1 aromatic rings. The van der Waals surface area contributed by atoms with E-state index in [0.29, 0.717) is 0 Å². The quantitative estimate of drug-likeness (QED) is 0.618. The lowest BCUT2D eigenvalue weighted by Gasteiger charge is -2.17. The third-order valence-corrected chi connectivity index (χ3v) is 3.70. The molecule has 0 aliphatic heterocycles. The molecule has 0 saturated heterocycles. The number of hydrogen-bond donors (Lipinski definition) is 0. The van der Waals surface area contributed by atoms with Gasteiger partial charge in [0.1, 0.15) is 5.82 Å². The molecule has 0 aromatic heterocycles. The molecule has 8 heteroatoms. The van der Waals surface area contributed by atoms with E-state index in [4.69, 9.17) is 10.7 Å². The second kappa shape index (κ2) is 4.45. The maximum atomic E-state index is 12.9. The third kappa shape index (κ3) is 3.32. The van der Waals surface area contributed by atoms with Crippen LogP contribution >= 0.6 is 10.7 Å². The maximum Gasteiger partial charge on any atom is 0.410 e. The second-order valence-corrected chi connectivity index (χ2v) is 6.12. The molecule has 96 valence electrons. The zero-order chi connectivity index (χ0) is 13.4. The molecule has 1 aromatic carbocycles. The van der Waals surface area contributed by atoms with Crippen LogP contribution in [0.4, 0.5) is 17.6 Å². The van der Waals surface area contributed by atoms with Crippen molar-refractivity contribution in [2.24, 2.45) is 0 Å². The minimum atomic E-state index is -5.05.